The molecule has 0 bridgehead atoms. The molecule has 0 N–H and O–H groups in total. The number of hydrogen-bond acceptors (Lipinski definition) is 6. The van der Waals surface area contributed by atoms with Crippen LogP contribution in [0.15, 0.2) is 41.4 Å². The van der Waals surface area contributed by atoms with Crippen LogP contribution in [0.3, 0.4) is 0 Å². The van der Waals surface area contributed by atoms with Crippen molar-refractivity contribution in [2.24, 2.45) is 4.99 Å². The van der Waals surface area contributed by atoms with Crippen molar-refractivity contribution in [2.45, 2.75) is 31.6 Å². The Morgan fingerprint density at radius 2 is 1.84 bits per heavy atom. The second-order valence-corrected chi connectivity index (χ2v) is 11.5. The summed E-state index contributed by atoms with van der Waals surface area (Å²) in [5, 5.41) is 0.432. The molecule has 0 radical (unpaired) electrons. The molecule has 9 heteroatoms. The van der Waals surface area contributed by atoms with Crippen LogP contribution < -0.4 is 14.4 Å². The Kier molecular flexibility index (Phi) is 6.22. The van der Waals surface area contributed by atoms with Gasteiger partial charge < -0.3 is 14.4 Å². The number of sulfone groups is 1. The molecule has 1 amide bonds. The highest BCUT2D eigenvalue weighted by Crippen LogP contribution is 2.42. The van der Waals surface area contributed by atoms with Crippen LogP contribution in [0.1, 0.15) is 16.7 Å². The molecule has 32 heavy (non-hydrogen) atoms. The van der Waals surface area contributed by atoms with Crippen LogP contribution in [0.2, 0.25) is 0 Å². The molecule has 7 nitrogen and oxygen atoms in total. The summed E-state index contributed by atoms with van der Waals surface area (Å²) in [6.07, 6.45) is 0.110. The molecule has 2 fully saturated rings. The number of anilines is 1. The van der Waals surface area contributed by atoms with Crippen LogP contribution in [0.25, 0.3) is 0 Å². The van der Waals surface area contributed by atoms with Crippen LogP contribution in [0.4, 0.5) is 5.69 Å². The number of thioether (sulfide) groups is 1. The van der Waals surface area contributed by atoms with Gasteiger partial charge in [-0.1, -0.05) is 30.0 Å². The van der Waals surface area contributed by atoms with Crippen LogP contribution in [-0.4, -0.2) is 56.5 Å². The molecule has 170 valence electrons. The summed E-state index contributed by atoms with van der Waals surface area (Å²) in [5.41, 5.74) is 3.75. The van der Waals surface area contributed by atoms with Gasteiger partial charge in [0.05, 0.1) is 38.2 Å². The zero-order valence-corrected chi connectivity index (χ0v) is 20.1. The SMILES string of the molecule is COc1ccc(CC(=O)N=C2S[C@H]3CS(=O)(=O)C[C@@H]3N2c2cc(C)ccc2C)cc1OC. The molecule has 2 saturated heterocycles. The number of amides is 1. The molecule has 0 unspecified atom stereocenters. The van der Waals surface area contributed by atoms with Crippen molar-refractivity contribution in [1.82, 2.24) is 0 Å². The Bertz CT molecular complexity index is 1190. The molecule has 0 spiro atoms. The van der Waals surface area contributed by atoms with E-state index in [4.69, 9.17) is 9.47 Å². The predicted molar refractivity (Wildman–Crippen MR) is 128 cm³/mol. The number of rotatable bonds is 5. The summed E-state index contributed by atoms with van der Waals surface area (Å²) in [6.45, 7) is 3.98. The van der Waals surface area contributed by atoms with Gasteiger partial charge in [-0.05, 0) is 48.7 Å². The lowest BCUT2D eigenvalue weighted by atomic mass is 10.1. The third-order valence-electron chi connectivity index (χ3n) is 5.71. The highest BCUT2D eigenvalue weighted by atomic mass is 32.2. The average molecular weight is 475 g/mol. The van der Waals surface area contributed by atoms with Crippen molar-refractivity contribution < 1.29 is 22.7 Å². The van der Waals surface area contributed by atoms with E-state index in [1.54, 1.807) is 26.4 Å². The van der Waals surface area contributed by atoms with Gasteiger partial charge in [0.2, 0.25) is 0 Å². The van der Waals surface area contributed by atoms with Crippen molar-refractivity contribution in [3.8, 4) is 11.5 Å². The van der Waals surface area contributed by atoms with Crippen molar-refractivity contribution in [2.75, 3.05) is 30.6 Å². The molecule has 0 aliphatic carbocycles. The molecular weight excluding hydrogens is 448 g/mol. The number of carbonyl (C=O) groups is 1. The van der Waals surface area contributed by atoms with Crippen LogP contribution in [0, 0.1) is 13.8 Å². The quantitative estimate of drug-likeness (QED) is 0.658. The van der Waals surface area contributed by atoms with E-state index < -0.39 is 9.84 Å². The van der Waals surface area contributed by atoms with Crippen molar-refractivity contribution in [3.63, 3.8) is 0 Å². The molecule has 2 aromatic rings. The Hall–Kier alpha value is -2.52. The molecule has 2 aliphatic rings. The summed E-state index contributed by atoms with van der Waals surface area (Å²) >= 11 is 1.38. The highest BCUT2D eigenvalue weighted by Gasteiger charge is 2.49. The molecule has 4 rings (SSSR count). The maximum atomic E-state index is 12.9. The van der Waals surface area contributed by atoms with E-state index in [9.17, 15) is 13.2 Å². The van der Waals surface area contributed by atoms with E-state index in [1.165, 1.54) is 11.8 Å². The number of carbonyl (C=O) groups excluding carboxylic acids is 1. The third-order valence-corrected chi connectivity index (χ3v) is 8.92. The monoisotopic (exact) mass is 474 g/mol. The lowest BCUT2D eigenvalue weighted by molar-refractivity contribution is -0.117. The lowest BCUT2D eigenvalue weighted by Gasteiger charge is -2.26. The van der Waals surface area contributed by atoms with Gasteiger partial charge in [0.1, 0.15) is 0 Å². The largest absolute Gasteiger partial charge is 0.493 e. The zero-order valence-electron chi connectivity index (χ0n) is 18.5. The predicted octanol–water partition coefficient (Wildman–Crippen LogP) is 3.16. The normalized spacial score (nSPS) is 22.8. The van der Waals surface area contributed by atoms with Gasteiger partial charge in [-0.15, -0.1) is 0 Å². The summed E-state index contributed by atoms with van der Waals surface area (Å²) in [5.74, 6) is 1.03. The number of aryl methyl sites for hydroxylation is 2. The first kappa shape index (κ1) is 22.7. The zero-order chi connectivity index (χ0) is 23.0. The molecule has 2 atom stereocenters. The first-order valence-electron chi connectivity index (χ1n) is 10.3. The van der Waals surface area contributed by atoms with E-state index in [2.05, 4.69) is 4.99 Å². The van der Waals surface area contributed by atoms with E-state index in [1.807, 2.05) is 43.0 Å². The topological polar surface area (TPSA) is 85.3 Å². The van der Waals surface area contributed by atoms with Gasteiger partial charge >= 0.3 is 0 Å². The Morgan fingerprint density at radius 1 is 1.09 bits per heavy atom. The molecular formula is C23H26N2O5S2. The van der Waals surface area contributed by atoms with Gasteiger partial charge in [0, 0.05) is 10.9 Å². The van der Waals surface area contributed by atoms with Crippen molar-refractivity contribution >= 4 is 38.4 Å². The molecule has 2 aliphatic heterocycles. The lowest BCUT2D eigenvalue weighted by Crippen LogP contribution is -2.38. The van der Waals surface area contributed by atoms with E-state index >= 15 is 0 Å². The Balaban J connectivity index is 1.65. The van der Waals surface area contributed by atoms with Crippen molar-refractivity contribution in [3.05, 3.63) is 53.1 Å². The van der Waals surface area contributed by atoms with Gasteiger partial charge in [-0.2, -0.15) is 4.99 Å². The summed E-state index contributed by atoms with van der Waals surface area (Å²) in [6, 6.07) is 11.2. The van der Waals surface area contributed by atoms with Crippen LogP contribution >= 0.6 is 11.8 Å². The number of benzene rings is 2. The number of methoxy groups -OCH3 is 2. The minimum absolute atomic E-state index is 0.0704. The number of aliphatic imine (C=N–C) groups is 1. The molecule has 2 heterocycles. The number of amidine groups is 1. The average Bonchev–Trinajstić information content (AvgIpc) is 3.20. The van der Waals surface area contributed by atoms with Crippen LogP contribution in [-0.2, 0) is 21.1 Å². The first-order valence-corrected chi connectivity index (χ1v) is 13.0. The Labute approximate surface area is 192 Å². The fraction of sp³-hybridized carbons (Fsp3) is 0.391. The first-order chi connectivity index (χ1) is 15.2. The number of fused-ring (bicyclic) bond motifs is 1. The molecule has 2 aromatic carbocycles. The summed E-state index contributed by atoms with van der Waals surface area (Å²) in [4.78, 5) is 19.3. The van der Waals surface area contributed by atoms with Gasteiger partial charge in [-0.3, -0.25) is 4.79 Å². The fourth-order valence-corrected chi connectivity index (χ4v) is 8.06. The second kappa shape index (κ2) is 8.78. The summed E-state index contributed by atoms with van der Waals surface area (Å²) < 4.78 is 35.1. The highest BCUT2D eigenvalue weighted by molar-refractivity contribution is 8.16. The molecule has 0 saturated carbocycles. The minimum Gasteiger partial charge on any atom is -0.493 e. The smallest absolute Gasteiger partial charge is 0.252 e. The number of ether oxygens (including phenoxy) is 2. The van der Waals surface area contributed by atoms with Crippen LogP contribution in [0.5, 0.6) is 11.5 Å². The number of hydrogen-bond donors (Lipinski definition) is 0. The van der Waals surface area contributed by atoms with Crippen molar-refractivity contribution in [1.29, 1.82) is 0 Å². The van der Waals surface area contributed by atoms with Gasteiger partial charge in [-0.25, -0.2) is 8.42 Å². The minimum atomic E-state index is -3.11. The summed E-state index contributed by atoms with van der Waals surface area (Å²) in [7, 11) is -0.00261. The maximum Gasteiger partial charge on any atom is 0.252 e. The van der Waals surface area contributed by atoms with E-state index in [-0.39, 0.29) is 35.1 Å². The number of nitrogens with zero attached hydrogens (tertiary/aromatic N) is 2. The fourth-order valence-electron chi connectivity index (χ4n) is 4.14. The molecule has 0 aromatic heterocycles. The second-order valence-electron chi connectivity index (χ2n) is 8.11. The van der Waals surface area contributed by atoms with E-state index in [0.717, 1.165) is 22.4 Å². The maximum absolute atomic E-state index is 12.9. The van der Waals surface area contributed by atoms with Gasteiger partial charge in [0.25, 0.3) is 5.91 Å². The van der Waals surface area contributed by atoms with Gasteiger partial charge in [0.15, 0.2) is 26.5 Å². The van der Waals surface area contributed by atoms with E-state index in [0.29, 0.717) is 16.7 Å². The Morgan fingerprint density at radius 3 is 2.56 bits per heavy atom. The standard InChI is InChI=1S/C23H26N2O5S2/c1-14-5-6-15(2)17(9-14)25-18-12-32(27,28)13-21(18)31-23(25)24-22(26)11-16-7-8-19(29-3)20(10-16)30-4/h5-10,18,21H,11-13H2,1-4H3/t18-,21-/m0/s1. The third kappa shape index (κ3) is 4.49.